The van der Waals surface area contributed by atoms with Gasteiger partial charge in [0, 0.05) is 18.8 Å². The number of aryl methyl sites for hydroxylation is 1. The second kappa shape index (κ2) is 10.3. The van der Waals surface area contributed by atoms with Crippen LogP contribution in [0.25, 0.3) is 0 Å². The highest BCUT2D eigenvalue weighted by molar-refractivity contribution is 7.89. The molecular formula is C24H32N2O4S. The Labute approximate surface area is 185 Å². The minimum Gasteiger partial charge on any atom is -0.480 e. The molecule has 168 valence electrons. The van der Waals surface area contributed by atoms with Gasteiger partial charge in [0.05, 0.1) is 4.90 Å². The van der Waals surface area contributed by atoms with E-state index in [1.807, 2.05) is 38.1 Å². The van der Waals surface area contributed by atoms with Crippen LogP contribution in [0.4, 0.5) is 5.69 Å². The molecule has 0 spiro atoms. The third-order valence-electron chi connectivity index (χ3n) is 5.91. The zero-order chi connectivity index (χ0) is 22.4. The van der Waals surface area contributed by atoms with Gasteiger partial charge in [-0.1, -0.05) is 44.4 Å². The van der Waals surface area contributed by atoms with Gasteiger partial charge in [-0.3, -0.25) is 4.79 Å². The SMILES string of the molecule is CCC(Oc1ccccc1C)C(=O)Nc1ccc(S(=O)(=O)N(C)C2CCCCC2)cc1. The molecular weight excluding hydrogens is 412 g/mol. The zero-order valence-electron chi connectivity index (χ0n) is 18.5. The number of nitrogens with one attached hydrogen (secondary N) is 1. The molecule has 2 aromatic carbocycles. The molecule has 1 saturated carbocycles. The molecule has 31 heavy (non-hydrogen) atoms. The molecule has 1 atom stereocenters. The number of sulfonamides is 1. The van der Waals surface area contributed by atoms with Crippen LogP contribution in [0.5, 0.6) is 5.75 Å². The number of para-hydroxylation sites is 1. The number of hydrogen-bond acceptors (Lipinski definition) is 4. The van der Waals surface area contributed by atoms with Crippen molar-refractivity contribution >= 4 is 21.6 Å². The van der Waals surface area contributed by atoms with Gasteiger partial charge in [0.1, 0.15) is 5.75 Å². The van der Waals surface area contributed by atoms with Crippen molar-refractivity contribution < 1.29 is 17.9 Å². The Bertz CT molecular complexity index is 983. The average Bonchev–Trinajstić information content (AvgIpc) is 2.79. The number of carbonyl (C=O) groups is 1. The van der Waals surface area contributed by atoms with Gasteiger partial charge in [0.2, 0.25) is 10.0 Å². The lowest BCUT2D eigenvalue weighted by Crippen LogP contribution is -2.38. The van der Waals surface area contributed by atoms with E-state index < -0.39 is 16.1 Å². The predicted molar refractivity (Wildman–Crippen MR) is 123 cm³/mol. The predicted octanol–water partition coefficient (Wildman–Crippen LogP) is 4.74. The number of hydrogen-bond donors (Lipinski definition) is 1. The highest BCUT2D eigenvalue weighted by Gasteiger charge is 2.29. The van der Waals surface area contributed by atoms with Crippen LogP contribution in [0.2, 0.25) is 0 Å². The van der Waals surface area contributed by atoms with Crippen LogP contribution in [0.3, 0.4) is 0 Å². The van der Waals surface area contributed by atoms with Crippen LogP contribution in [-0.2, 0) is 14.8 Å². The Morgan fingerprint density at radius 1 is 1.10 bits per heavy atom. The molecule has 1 amide bonds. The first-order chi connectivity index (χ1) is 14.8. The standard InChI is InChI=1S/C24H32N2O4S/c1-4-22(30-23-13-9-8-10-18(23)2)24(27)25-19-14-16-21(17-15-19)31(28,29)26(3)20-11-6-5-7-12-20/h8-10,13-17,20,22H,4-7,11-12H2,1-3H3,(H,25,27). The summed E-state index contributed by atoms with van der Waals surface area (Å²) in [6.45, 7) is 3.82. The highest BCUT2D eigenvalue weighted by atomic mass is 32.2. The Morgan fingerprint density at radius 2 is 1.74 bits per heavy atom. The first-order valence-electron chi connectivity index (χ1n) is 10.9. The lowest BCUT2D eigenvalue weighted by molar-refractivity contribution is -0.122. The van der Waals surface area contributed by atoms with Gasteiger partial charge >= 0.3 is 0 Å². The number of anilines is 1. The van der Waals surface area contributed by atoms with Gasteiger partial charge in [-0.15, -0.1) is 0 Å². The van der Waals surface area contributed by atoms with E-state index >= 15 is 0 Å². The van der Waals surface area contributed by atoms with Crippen molar-refractivity contribution in [2.24, 2.45) is 0 Å². The Kier molecular flexibility index (Phi) is 7.73. The summed E-state index contributed by atoms with van der Waals surface area (Å²) in [6, 6.07) is 14.0. The Hall–Kier alpha value is -2.38. The minimum atomic E-state index is -3.55. The largest absolute Gasteiger partial charge is 0.480 e. The maximum atomic E-state index is 13.0. The van der Waals surface area contributed by atoms with E-state index in [1.54, 1.807) is 31.3 Å². The molecule has 1 N–H and O–H groups in total. The molecule has 2 aromatic rings. The number of nitrogens with zero attached hydrogens (tertiary/aromatic N) is 1. The molecule has 6 nitrogen and oxygen atoms in total. The first-order valence-corrected chi connectivity index (χ1v) is 12.4. The lowest BCUT2D eigenvalue weighted by Gasteiger charge is -2.30. The summed E-state index contributed by atoms with van der Waals surface area (Å²) in [7, 11) is -1.89. The maximum absolute atomic E-state index is 13.0. The fraction of sp³-hybridized carbons (Fsp3) is 0.458. The fourth-order valence-corrected chi connectivity index (χ4v) is 5.32. The van der Waals surface area contributed by atoms with E-state index in [1.165, 1.54) is 10.7 Å². The summed E-state index contributed by atoms with van der Waals surface area (Å²) in [5, 5.41) is 2.83. The fourth-order valence-electron chi connectivity index (χ4n) is 3.90. The average molecular weight is 445 g/mol. The molecule has 1 aliphatic carbocycles. The number of amides is 1. The van der Waals surface area contributed by atoms with Crippen LogP contribution in [0.1, 0.15) is 51.0 Å². The van der Waals surface area contributed by atoms with Crippen LogP contribution in [0, 0.1) is 6.92 Å². The first kappa shape index (κ1) is 23.3. The van der Waals surface area contributed by atoms with Crippen LogP contribution in [-0.4, -0.2) is 37.8 Å². The van der Waals surface area contributed by atoms with E-state index in [9.17, 15) is 13.2 Å². The van der Waals surface area contributed by atoms with Crippen LogP contribution >= 0.6 is 0 Å². The normalized spacial score (nSPS) is 16.1. The second-order valence-corrected chi connectivity index (χ2v) is 10.1. The number of carbonyl (C=O) groups excluding carboxylic acids is 1. The van der Waals surface area contributed by atoms with Gasteiger partial charge in [0.25, 0.3) is 5.91 Å². The molecule has 0 saturated heterocycles. The van der Waals surface area contributed by atoms with Crippen molar-refractivity contribution in [3.05, 3.63) is 54.1 Å². The molecule has 0 aliphatic heterocycles. The Morgan fingerprint density at radius 3 is 2.35 bits per heavy atom. The smallest absolute Gasteiger partial charge is 0.265 e. The van der Waals surface area contributed by atoms with E-state index in [2.05, 4.69) is 5.32 Å². The molecule has 1 unspecified atom stereocenters. The highest BCUT2D eigenvalue weighted by Crippen LogP contribution is 2.27. The number of benzene rings is 2. The number of ether oxygens (including phenoxy) is 1. The molecule has 0 heterocycles. The van der Waals surface area contributed by atoms with Crippen LogP contribution < -0.4 is 10.1 Å². The Balaban J connectivity index is 1.66. The molecule has 3 rings (SSSR count). The molecule has 0 bridgehead atoms. The third-order valence-corrected chi connectivity index (χ3v) is 7.84. The monoisotopic (exact) mass is 444 g/mol. The molecule has 0 radical (unpaired) electrons. The second-order valence-electron chi connectivity index (χ2n) is 8.11. The number of rotatable bonds is 8. The quantitative estimate of drug-likeness (QED) is 0.638. The van der Waals surface area contributed by atoms with E-state index in [4.69, 9.17) is 4.74 Å². The summed E-state index contributed by atoms with van der Waals surface area (Å²) < 4.78 is 33.3. The van der Waals surface area contributed by atoms with Gasteiger partial charge in [-0.2, -0.15) is 4.31 Å². The van der Waals surface area contributed by atoms with Gasteiger partial charge < -0.3 is 10.1 Å². The molecule has 7 heteroatoms. The zero-order valence-corrected chi connectivity index (χ0v) is 19.3. The van der Waals surface area contributed by atoms with Crippen molar-refractivity contribution in [2.45, 2.75) is 69.4 Å². The minimum absolute atomic E-state index is 0.0574. The lowest BCUT2D eigenvalue weighted by atomic mass is 9.96. The third kappa shape index (κ3) is 5.66. The van der Waals surface area contributed by atoms with Crippen LogP contribution in [0.15, 0.2) is 53.4 Å². The summed E-state index contributed by atoms with van der Waals surface area (Å²) in [5.41, 5.74) is 1.50. The summed E-state index contributed by atoms with van der Waals surface area (Å²) in [5.74, 6) is 0.414. The molecule has 1 fully saturated rings. The topological polar surface area (TPSA) is 75.7 Å². The van der Waals surface area contributed by atoms with Crippen molar-refractivity contribution in [2.75, 3.05) is 12.4 Å². The van der Waals surface area contributed by atoms with Crippen molar-refractivity contribution in [3.8, 4) is 5.75 Å². The van der Waals surface area contributed by atoms with Crippen molar-refractivity contribution in [3.63, 3.8) is 0 Å². The summed E-state index contributed by atoms with van der Waals surface area (Å²) in [6.07, 6.45) is 5.00. The maximum Gasteiger partial charge on any atom is 0.265 e. The summed E-state index contributed by atoms with van der Waals surface area (Å²) in [4.78, 5) is 12.9. The van der Waals surface area contributed by atoms with E-state index in [0.717, 1.165) is 31.2 Å². The summed E-state index contributed by atoms with van der Waals surface area (Å²) >= 11 is 0. The van der Waals surface area contributed by atoms with Gasteiger partial charge in [-0.25, -0.2) is 8.42 Å². The van der Waals surface area contributed by atoms with E-state index in [-0.39, 0.29) is 16.8 Å². The van der Waals surface area contributed by atoms with E-state index in [0.29, 0.717) is 17.9 Å². The van der Waals surface area contributed by atoms with Crippen molar-refractivity contribution in [1.82, 2.24) is 4.31 Å². The van der Waals surface area contributed by atoms with Gasteiger partial charge in [0.15, 0.2) is 6.10 Å². The molecule has 1 aliphatic rings. The van der Waals surface area contributed by atoms with Crippen molar-refractivity contribution in [1.29, 1.82) is 0 Å². The van der Waals surface area contributed by atoms with Gasteiger partial charge in [-0.05, 0) is 62.1 Å². The molecule has 0 aromatic heterocycles.